The number of hydrogen-bond acceptors (Lipinski definition) is 19. The van der Waals surface area contributed by atoms with Gasteiger partial charge in [0.1, 0.15) is 40.1 Å². The fourth-order valence-electron chi connectivity index (χ4n) is 15.3. The van der Waals surface area contributed by atoms with Gasteiger partial charge in [0, 0.05) is 86.3 Å². The third kappa shape index (κ3) is 27.0. The van der Waals surface area contributed by atoms with Crippen molar-refractivity contribution in [3.63, 3.8) is 0 Å². The molecule has 714 valence electrons. The summed E-state index contributed by atoms with van der Waals surface area (Å²) in [6, 6.07) is 58.3. The number of carbonyl (C=O) groups is 6. The van der Waals surface area contributed by atoms with Crippen LogP contribution in [0.25, 0.3) is 38.4 Å². The van der Waals surface area contributed by atoms with Crippen molar-refractivity contribution in [2.75, 3.05) is 56.7 Å². The van der Waals surface area contributed by atoms with Crippen LogP contribution in [0.4, 0.5) is 4.39 Å². The second-order valence-corrected chi connectivity index (χ2v) is 39.5. The quantitative estimate of drug-likeness (QED) is 0.0162. The number of aromatic nitrogens is 10. The Morgan fingerprint density at radius 3 is 1.20 bits per heavy atom. The maximum absolute atomic E-state index is 13.3. The Morgan fingerprint density at radius 1 is 0.409 bits per heavy atom. The number of hydrogen-bond donors (Lipinski definition) is 9. The molecule has 0 atom stereocenters. The average Bonchev–Trinajstić information content (AvgIpc) is 1.65. The van der Waals surface area contributed by atoms with Crippen molar-refractivity contribution >= 4 is 133 Å². The van der Waals surface area contributed by atoms with E-state index in [9.17, 15) is 58.4 Å². The largest absolute Gasteiger partial charge is 0.494 e. The third-order valence-electron chi connectivity index (χ3n) is 22.3. The third-order valence-corrected chi connectivity index (χ3v) is 27.8. The molecular weight excluding hydrogens is 1870 g/mol. The monoisotopic (exact) mass is 1970 g/mol. The number of amides is 6. The van der Waals surface area contributed by atoms with Crippen LogP contribution in [-0.4, -0.2) is 167 Å². The first-order valence-electron chi connectivity index (χ1n) is 43.8. The summed E-state index contributed by atoms with van der Waals surface area (Å²) in [5.41, 5.74) is 14.8. The lowest BCUT2D eigenvalue weighted by Crippen LogP contribution is -2.38. The maximum atomic E-state index is 13.3. The Bertz CT molecular complexity index is 7240. The smallest absolute Gasteiger partial charge is 0.281 e. The standard InChI is InChI=1S/C34H35ClN4O5S.C33H34ClFN6O5S.C32H33ClN6O5S/c1-23-19-27(20-24(2)31(23)35)44-17-8-12-29-28-11-6-7-13-30(28)37-32(29)34(41)38-45(42,43)18-15-36-33(40)26-14-16-39(22-26)21-25-9-4-3-5-10-25;1-20-17-25(18-21(2)29(20)34)46-15-6-8-27-26-7-4-5-9-28(26)37-31(27)33(43)39-47(44,45)16-14-36-32(42)30-22(3)41(40-38-30)19-23-10-12-24(35)13-11-23;1-20-10-12-23(13-11-20)39-19-28(36-38-39)31(40)34-14-16-45(42,43)37-32(41)30-26(25-7-4-5-9-27(25)35-30)8-6-15-44-24-17-21(2)29(33)22(3)18-24/h3-7,9-11,13-14,16,19-20,22,37H,8,12,15,17-18,21H2,1-2H3,(H,36,40)(H,38,41);4-5,7,9-13,17-18,37H,6,8,14-16,19H2,1-3H3,(H,36,42)(H,39,43);4-5,7,9-13,17-19,35H,6,8,14-16H2,1-3H3,(H,34,40)(H,37,41). The van der Waals surface area contributed by atoms with E-state index in [1.807, 2.05) is 217 Å². The van der Waals surface area contributed by atoms with E-state index in [0.29, 0.717) is 136 Å². The number of nitrogens with one attached hydrogen (secondary N) is 9. The second kappa shape index (κ2) is 45.6. The number of carbonyl (C=O) groups excluding carboxylic acids is 6. The number of benzene rings is 9. The van der Waals surface area contributed by atoms with Crippen LogP contribution in [0.15, 0.2) is 213 Å². The number of halogens is 4. The van der Waals surface area contributed by atoms with Gasteiger partial charge in [-0.2, -0.15) is 0 Å². The number of para-hydroxylation sites is 3. The highest BCUT2D eigenvalue weighted by Crippen LogP contribution is 2.33. The number of sulfonamides is 3. The molecule has 15 aromatic rings. The average molecular weight is 1980 g/mol. The summed E-state index contributed by atoms with van der Waals surface area (Å²) in [7, 11) is -12.3. The minimum Gasteiger partial charge on any atom is -0.494 e. The summed E-state index contributed by atoms with van der Waals surface area (Å²) < 4.78 is 119. The Hall–Kier alpha value is -14.0. The Balaban J connectivity index is 0.000000174. The SMILES string of the molecule is Cc1cc(OCCCc2c(C(=O)NS(=O)(=O)CCNC(=O)c3ccn(Cc4ccccc4)c3)[nH]c3ccccc23)cc(C)c1Cl.Cc1cc(OCCCc2c(C(=O)NS(=O)(=O)CCNC(=O)c3nnn(Cc4ccc(F)cc4)c3C)[nH]c3ccccc23)cc(C)c1Cl.Cc1ccc(-n2cc(C(=O)NCCS(=O)(=O)NC(=O)c3[nH]c4ccccc4c3CCCOc3cc(C)c(Cl)c(C)c3)nn2)cc1. The number of nitrogens with zero attached hydrogens (tertiary/aromatic N) is 7. The zero-order valence-electron chi connectivity index (χ0n) is 76.2. The summed E-state index contributed by atoms with van der Waals surface area (Å²) in [5.74, 6) is -3.68. The van der Waals surface area contributed by atoms with Gasteiger partial charge in [0.2, 0.25) is 30.1 Å². The van der Waals surface area contributed by atoms with Gasteiger partial charge in [0.15, 0.2) is 11.4 Å². The zero-order valence-corrected chi connectivity index (χ0v) is 80.9. The minimum absolute atomic E-state index is 0.0292. The number of aryl methyl sites for hydroxylation is 10. The minimum atomic E-state index is -4.12. The normalized spacial score (nSPS) is 11.5. The Morgan fingerprint density at radius 2 is 0.788 bits per heavy atom. The van der Waals surface area contributed by atoms with E-state index in [0.717, 1.165) is 77.4 Å². The van der Waals surface area contributed by atoms with E-state index in [1.54, 1.807) is 37.5 Å². The summed E-state index contributed by atoms with van der Waals surface area (Å²) in [5, 5.41) is 28.0. The zero-order chi connectivity index (χ0) is 97.8. The summed E-state index contributed by atoms with van der Waals surface area (Å²) in [6.07, 6.45) is 8.10. The molecule has 0 aliphatic carbocycles. The maximum Gasteiger partial charge on any atom is 0.281 e. The molecule has 0 aliphatic rings. The van der Waals surface area contributed by atoms with Crippen LogP contribution < -0.4 is 44.3 Å². The molecule has 38 heteroatoms. The van der Waals surface area contributed by atoms with Gasteiger partial charge in [-0.25, -0.2) is 53.2 Å². The van der Waals surface area contributed by atoms with Crippen molar-refractivity contribution in [1.29, 1.82) is 0 Å². The number of H-pyrrole nitrogens is 3. The lowest BCUT2D eigenvalue weighted by molar-refractivity contribution is 0.0942. The lowest BCUT2D eigenvalue weighted by atomic mass is 10.1. The topological polar surface area (TPSA) is 418 Å². The Labute approximate surface area is 806 Å². The van der Waals surface area contributed by atoms with Crippen LogP contribution in [0.2, 0.25) is 15.1 Å². The highest BCUT2D eigenvalue weighted by Gasteiger charge is 2.28. The molecule has 9 aromatic carbocycles. The van der Waals surface area contributed by atoms with Crippen LogP contribution in [0, 0.1) is 61.2 Å². The predicted octanol–water partition coefficient (Wildman–Crippen LogP) is 15.6. The molecule has 6 heterocycles. The molecule has 137 heavy (non-hydrogen) atoms. The fourth-order valence-corrected chi connectivity index (χ4v) is 18.2. The van der Waals surface area contributed by atoms with Gasteiger partial charge in [-0.05, 0) is 240 Å². The van der Waals surface area contributed by atoms with Gasteiger partial charge in [0.05, 0.1) is 66.8 Å². The van der Waals surface area contributed by atoms with Crippen molar-refractivity contribution in [2.24, 2.45) is 0 Å². The number of ether oxygens (including phenoxy) is 3. The van der Waals surface area contributed by atoms with Crippen LogP contribution in [0.3, 0.4) is 0 Å². The van der Waals surface area contributed by atoms with E-state index in [1.165, 1.54) is 27.7 Å². The van der Waals surface area contributed by atoms with Crippen molar-refractivity contribution in [3.8, 4) is 22.9 Å². The molecule has 0 spiro atoms. The molecule has 0 radical (unpaired) electrons. The fraction of sp³-hybridized carbons (Fsp3) is 0.253. The van der Waals surface area contributed by atoms with Gasteiger partial charge in [-0.1, -0.05) is 160 Å². The van der Waals surface area contributed by atoms with Crippen molar-refractivity contribution in [3.05, 3.63) is 340 Å². The van der Waals surface area contributed by atoms with E-state index in [-0.39, 0.29) is 60.5 Å². The number of fused-ring (bicyclic) bond motifs is 3. The van der Waals surface area contributed by atoms with E-state index < -0.39 is 82.8 Å². The first kappa shape index (κ1) is 100. The molecule has 9 N–H and O–H groups in total. The van der Waals surface area contributed by atoms with Crippen LogP contribution in [0.5, 0.6) is 17.2 Å². The molecule has 6 amide bonds. The van der Waals surface area contributed by atoms with Crippen molar-refractivity contribution in [1.82, 2.24) is 79.6 Å². The molecule has 0 fully saturated rings. The highest BCUT2D eigenvalue weighted by molar-refractivity contribution is 7.90. The van der Waals surface area contributed by atoms with Crippen LogP contribution in [-0.2, 0) is 62.4 Å². The molecule has 6 aromatic heterocycles. The molecule has 0 saturated carbocycles. The van der Waals surface area contributed by atoms with E-state index >= 15 is 0 Å². The van der Waals surface area contributed by atoms with Crippen molar-refractivity contribution in [2.45, 2.75) is 107 Å². The summed E-state index contributed by atoms with van der Waals surface area (Å²) in [4.78, 5) is 86.8. The van der Waals surface area contributed by atoms with Gasteiger partial charge < -0.3 is 49.7 Å². The number of aromatic amines is 3. The molecule has 0 bridgehead atoms. The van der Waals surface area contributed by atoms with E-state index in [4.69, 9.17) is 49.0 Å². The molecule has 15 rings (SSSR count). The molecule has 0 unspecified atom stereocenters. The lowest BCUT2D eigenvalue weighted by Gasteiger charge is -2.11. The summed E-state index contributed by atoms with van der Waals surface area (Å²) >= 11 is 18.8. The predicted molar refractivity (Wildman–Crippen MR) is 526 cm³/mol. The van der Waals surface area contributed by atoms with E-state index in [2.05, 4.69) is 65.7 Å². The second-order valence-electron chi connectivity index (χ2n) is 32.8. The molecule has 0 saturated heterocycles. The Kier molecular flexibility index (Phi) is 33.4. The van der Waals surface area contributed by atoms with Gasteiger partial charge in [-0.3, -0.25) is 28.8 Å². The van der Waals surface area contributed by atoms with Gasteiger partial charge >= 0.3 is 0 Å². The van der Waals surface area contributed by atoms with Crippen molar-refractivity contribution < 1.29 is 72.6 Å². The first-order chi connectivity index (χ1) is 65.5. The summed E-state index contributed by atoms with van der Waals surface area (Å²) in [6.45, 7) is 16.5. The molecule has 31 nitrogen and oxygen atoms in total. The molecule has 0 aliphatic heterocycles. The molecular formula is C99H102Cl3FN16O15S3. The van der Waals surface area contributed by atoms with Crippen LogP contribution >= 0.6 is 34.8 Å². The van der Waals surface area contributed by atoms with Gasteiger partial charge in [0.25, 0.3) is 35.4 Å². The highest BCUT2D eigenvalue weighted by atomic mass is 35.5. The van der Waals surface area contributed by atoms with Crippen LogP contribution in [0.1, 0.15) is 155 Å². The first-order valence-corrected chi connectivity index (χ1v) is 49.9. The number of rotatable bonds is 38. The van der Waals surface area contributed by atoms with Gasteiger partial charge in [-0.15, -0.1) is 10.2 Å².